The third-order valence-corrected chi connectivity index (χ3v) is 5.35. The molecular formula is C18H25N7O5. The maximum Gasteiger partial charge on any atom is 0.302 e. The molecule has 0 saturated carbocycles. The van der Waals surface area contributed by atoms with Crippen molar-refractivity contribution in [3.8, 4) is 0 Å². The lowest BCUT2D eigenvalue weighted by atomic mass is 10.1. The van der Waals surface area contributed by atoms with Gasteiger partial charge in [-0.05, 0) is 32.1 Å². The highest BCUT2D eigenvalue weighted by Crippen LogP contribution is 2.28. The van der Waals surface area contributed by atoms with Crippen LogP contribution in [0.2, 0.25) is 0 Å². The predicted molar refractivity (Wildman–Crippen MR) is 105 cm³/mol. The average Bonchev–Trinajstić information content (AvgIpc) is 3.32. The van der Waals surface area contributed by atoms with E-state index in [1.807, 2.05) is 0 Å². The monoisotopic (exact) mass is 419 g/mol. The summed E-state index contributed by atoms with van der Waals surface area (Å²) >= 11 is 0. The number of primary amides is 1. The fraction of sp³-hybridized carbons (Fsp3) is 0.667. The van der Waals surface area contributed by atoms with E-state index in [1.165, 1.54) is 11.6 Å². The summed E-state index contributed by atoms with van der Waals surface area (Å²) in [6, 6.07) is 0. The SMILES string of the molecule is CC(=O)OCC1CCC(n2nnc3c(N4CCCCC4)nn(CC(N)=O)c3c2=O)O1. The Hall–Kier alpha value is -3.02. The number of fused-ring (bicyclic) bond motifs is 1. The molecule has 12 nitrogen and oxygen atoms in total. The van der Waals surface area contributed by atoms with E-state index in [0.717, 1.165) is 37.0 Å². The van der Waals surface area contributed by atoms with Gasteiger partial charge in [0, 0.05) is 20.0 Å². The predicted octanol–water partition coefficient (Wildman–Crippen LogP) is -0.296. The molecule has 12 heteroatoms. The van der Waals surface area contributed by atoms with Gasteiger partial charge in [0.2, 0.25) is 5.91 Å². The second kappa shape index (κ2) is 8.38. The van der Waals surface area contributed by atoms with E-state index in [0.29, 0.717) is 24.2 Å². The maximum absolute atomic E-state index is 13.3. The maximum atomic E-state index is 13.3. The normalized spacial score (nSPS) is 21.8. The quantitative estimate of drug-likeness (QED) is 0.623. The van der Waals surface area contributed by atoms with Crippen LogP contribution in [-0.4, -0.2) is 62.5 Å². The number of rotatable bonds is 6. The van der Waals surface area contributed by atoms with Crippen LogP contribution in [0.3, 0.4) is 0 Å². The molecule has 0 spiro atoms. The van der Waals surface area contributed by atoms with Crippen molar-refractivity contribution in [1.29, 1.82) is 0 Å². The molecule has 2 atom stereocenters. The number of carbonyl (C=O) groups is 2. The van der Waals surface area contributed by atoms with Crippen LogP contribution in [0.25, 0.3) is 11.0 Å². The summed E-state index contributed by atoms with van der Waals surface area (Å²) in [5.41, 5.74) is 5.45. The Labute approximate surface area is 171 Å². The van der Waals surface area contributed by atoms with E-state index < -0.39 is 17.7 Å². The first-order chi connectivity index (χ1) is 14.4. The summed E-state index contributed by atoms with van der Waals surface area (Å²) < 4.78 is 13.3. The van der Waals surface area contributed by atoms with Gasteiger partial charge in [0.25, 0.3) is 5.56 Å². The average molecular weight is 419 g/mol. The summed E-state index contributed by atoms with van der Waals surface area (Å²) in [5, 5.41) is 12.8. The van der Waals surface area contributed by atoms with Gasteiger partial charge in [-0.25, -0.2) is 4.68 Å². The van der Waals surface area contributed by atoms with Gasteiger partial charge >= 0.3 is 5.97 Å². The molecule has 30 heavy (non-hydrogen) atoms. The lowest BCUT2D eigenvalue weighted by Crippen LogP contribution is -2.31. The molecular weight excluding hydrogens is 394 g/mol. The van der Waals surface area contributed by atoms with Crippen molar-refractivity contribution in [3.05, 3.63) is 10.4 Å². The summed E-state index contributed by atoms with van der Waals surface area (Å²) in [4.78, 5) is 37.9. The number of anilines is 1. The van der Waals surface area contributed by atoms with E-state index in [-0.39, 0.29) is 30.7 Å². The van der Waals surface area contributed by atoms with Crippen molar-refractivity contribution >= 4 is 28.7 Å². The number of piperidine rings is 1. The number of carbonyl (C=O) groups excluding carboxylic acids is 2. The van der Waals surface area contributed by atoms with E-state index in [9.17, 15) is 14.4 Å². The van der Waals surface area contributed by atoms with Crippen molar-refractivity contribution in [2.24, 2.45) is 5.73 Å². The van der Waals surface area contributed by atoms with E-state index >= 15 is 0 Å². The van der Waals surface area contributed by atoms with Gasteiger partial charge < -0.3 is 20.1 Å². The molecule has 1 amide bonds. The standard InChI is InChI=1S/C18H25N7O5/c1-11(26)29-10-12-5-6-14(30-12)25-18(28)16-15(20-22-25)17(21-24(16)9-13(19)27)23-7-3-2-4-8-23/h12,14H,2-10H2,1H3,(H2,19,27). The van der Waals surface area contributed by atoms with Crippen LogP contribution >= 0.6 is 0 Å². The molecule has 0 radical (unpaired) electrons. The van der Waals surface area contributed by atoms with Crippen LogP contribution in [0.4, 0.5) is 5.82 Å². The zero-order valence-corrected chi connectivity index (χ0v) is 16.8. The molecule has 2 aliphatic rings. The van der Waals surface area contributed by atoms with Crippen molar-refractivity contribution in [2.75, 3.05) is 24.6 Å². The second-order valence-corrected chi connectivity index (χ2v) is 7.62. The molecule has 2 saturated heterocycles. The van der Waals surface area contributed by atoms with Gasteiger partial charge in [-0.2, -0.15) is 9.78 Å². The molecule has 2 fully saturated rings. The molecule has 2 aliphatic heterocycles. The molecule has 0 bridgehead atoms. The Balaban J connectivity index is 1.68. The van der Waals surface area contributed by atoms with Crippen LogP contribution in [0.5, 0.6) is 0 Å². The third kappa shape index (κ3) is 3.99. The number of aromatic nitrogens is 5. The molecule has 2 aromatic heterocycles. The smallest absolute Gasteiger partial charge is 0.302 e. The Morgan fingerprint density at radius 2 is 2.00 bits per heavy atom. The first-order valence-corrected chi connectivity index (χ1v) is 10.1. The van der Waals surface area contributed by atoms with Crippen LogP contribution < -0.4 is 16.2 Å². The van der Waals surface area contributed by atoms with E-state index in [2.05, 4.69) is 20.3 Å². The highest BCUT2D eigenvalue weighted by molar-refractivity contribution is 5.87. The summed E-state index contributed by atoms with van der Waals surface area (Å²) in [6.07, 6.45) is 3.37. The molecule has 2 unspecified atom stereocenters. The molecule has 0 aliphatic carbocycles. The first kappa shape index (κ1) is 20.3. The summed E-state index contributed by atoms with van der Waals surface area (Å²) in [5.74, 6) is -0.449. The van der Waals surface area contributed by atoms with Crippen molar-refractivity contribution in [2.45, 2.75) is 57.9 Å². The van der Waals surface area contributed by atoms with Crippen LogP contribution in [0, 0.1) is 0 Å². The Bertz CT molecular complexity index is 1010. The fourth-order valence-corrected chi connectivity index (χ4v) is 3.95. The zero-order valence-electron chi connectivity index (χ0n) is 16.8. The summed E-state index contributed by atoms with van der Waals surface area (Å²) in [6.45, 7) is 2.82. The van der Waals surface area contributed by atoms with Gasteiger partial charge in [0.1, 0.15) is 13.2 Å². The molecule has 2 N–H and O–H groups in total. The molecule has 4 rings (SSSR count). The molecule has 4 heterocycles. The Morgan fingerprint density at radius 1 is 1.23 bits per heavy atom. The summed E-state index contributed by atoms with van der Waals surface area (Å²) in [7, 11) is 0. The highest BCUT2D eigenvalue weighted by Gasteiger charge is 2.31. The largest absolute Gasteiger partial charge is 0.463 e. The first-order valence-electron chi connectivity index (χ1n) is 10.1. The molecule has 2 aromatic rings. The van der Waals surface area contributed by atoms with E-state index in [4.69, 9.17) is 15.2 Å². The lowest BCUT2D eigenvalue weighted by molar-refractivity contribution is -0.146. The number of hydrogen-bond donors (Lipinski definition) is 1. The number of esters is 1. The van der Waals surface area contributed by atoms with Gasteiger partial charge in [-0.1, -0.05) is 5.21 Å². The molecule has 0 aromatic carbocycles. The van der Waals surface area contributed by atoms with Gasteiger partial charge in [0.05, 0.1) is 6.10 Å². The topological polar surface area (TPSA) is 147 Å². The van der Waals surface area contributed by atoms with Crippen LogP contribution in [0.1, 0.15) is 45.3 Å². The van der Waals surface area contributed by atoms with Gasteiger partial charge in [0.15, 0.2) is 23.1 Å². The van der Waals surface area contributed by atoms with Crippen LogP contribution in [-0.2, 0) is 25.6 Å². The van der Waals surface area contributed by atoms with Gasteiger partial charge in [-0.15, -0.1) is 5.10 Å². The minimum Gasteiger partial charge on any atom is -0.463 e. The van der Waals surface area contributed by atoms with E-state index in [1.54, 1.807) is 0 Å². The van der Waals surface area contributed by atoms with Crippen LogP contribution in [0.15, 0.2) is 4.79 Å². The van der Waals surface area contributed by atoms with Crippen molar-refractivity contribution in [3.63, 3.8) is 0 Å². The third-order valence-electron chi connectivity index (χ3n) is 5.35. The fourth-order valence-electron chi connectivity index (χ4n) is 3.95. The number of amides is 1. The Kier molecular flexibility index (Phi) is 5.66. The lowest BCUT2D eigenvalue weighted by Gasteiger charge is -2.26. The second-order valence-electron chi connectivity index (χ2n) is 7.62. The van der Waals surface area contributed by atoms with Gasteiger partial charge in [-0.3, -0.25) is 14.4 Å². The Morgan fingerprint density at radius 3 is 2.70 bits per heavy atom. The van der Waals surface area contributed by atoms with Crippen molar-refractivity contribution in [1.82, 2.24) is 24.8 Å². The number of hydrogen-bond acceptors (Lipinski definition) is 9. The zero-order chi connectivity index (χ0) is 21.3. The number of nitrogens with two attached hydrogens (primary N) is 1. The highest BCUT2D eigenvalue weighted by atomic mass is 16.6. The number of ether oxygens (including phenoxy) is 2. The number of nitrogens with zero attached hydrogens (tertiary/aromatic N) is 6. The minimum atomic E-state index is -0.634. The van der Waals surface area contributed by atoms with Crippen molar-refractivity contribution < 1.29 is 19.1 Å². The minimum absolute atomic E-state index is 0.120. The molecule has 162 valence electrons.